The summed E-state index contributed by atoms with van der Waals surface area (Å²) in [5, 5.41) is 9.77. The molecule has 0 unspecified atom stereocenters. The number of ether oxygens (including phenoxy) is 1. The molecule has 0 atom stereocenters. The van der Waals surface area contributed by atoms with Crippen LogP contribution in [0, 0.1) is 0 Å². The summed E-state index contributed by atoms with van der Waals surface area (Å²) < 4.78 is 5.24. The van der Waals surface area contributed by atoms with Gasteiger partial charge >= 0.3 is 5.97 Å². The van der Waals surface area contributed by atoms with Gasteiger partial charge in [-0.3, -0.25) is 4.90 Å². The summed E-state index contributed by atoms with van der Waals surface area (Å²) in [6.07, 6.45) is 0. The predicted octanol–water partition coefficient (Wildman–Crippen LogP) is 2.63. The number of halogens is 1. The molecule has 0 bridgehead atoms. The van der Waals surface area contributed by atoms with E-state index < -0.39 is 0 Å². The fraction of sp³-hybridized carbons (Fsp3) is 0.421. The molecule has 3 rings (SSSR count). The lowest BCUT2D eigenvalue weighted by atomic mass is 10.1. The van der Waals surface area contributed by atoms with Crippen LogP contribution in [0.1, 0.15) is 17.3 Å². The van der Waals surface area contributed by atoms with Crippen molar-refractivity contribution in [2.24, 2.45) is 0 Å². The molecule has 2 aromatic rings. The predicted molar refractivity (Wildman–Crippen MR) is 103 cm³/mol. The number of carbonyl (C=O) groups excluding carboxylic acids is 1. The number of aliphatic hydroxyl groups is 1. The molecule has 1 aromatic carbocycles. The Bertz CT molecular complexity index is 737. The first-order chi connectivity index (χ1) is 12.6. The van der Waals surface area contributed by atoms with Crippen molar-refractivity contribution < 1.29 is 14.6 Å². The normalized spacial score (nSPS) is 15.3. The molecule has 1 aliphatic rings. The van der Waals surface area contributed by atoms with Crippen LogP contribution in [-0.4, -0.2) is 66.9 Å². The molecule has 140 valence electrons. The van der Waals surface area contributed by atoms with Crippen molar-refractivity contribution in [3.8, 4) is 11.3 Å². The van der Waals surface area contributed by atoms with Crippen molar-refractivity contribution in [1.82, 2.24) is 9.88 Å². The van der Waals surface area contributed by atoms with Crippen molar-refractivity contribution in [3.05, 3.63) is 40.9 Å². The van der Waals surface area contributed by atoms with E-state index in [1.807, 2.05) is 30.3 Å². The van der Waals surface area contributed by atoms with Crippen LogP contribution < -0.4 is 4.90 Å². The van der Waals surface area contributed by atoms with E-state index in [1.54, 1.807) is 6.92 Å². The summed E-state index contributed by atoms with van der Waals surface area (Å²) in [6.45, 7) is 6.24. The van der Waals surface area contributed by atoms with Gasteiger partial charge < -0.3 is 19.7 Å². The van der Waals surface area contributed by atoms with Crippen LogP contribution in [0.4, 0.5) is 5.82 Å². The van der Waals surface area contributed by atoms with Crippen molar-refractivity contribution in [2.75, 3.05) is 50.8 Å². The number of esters is 1. The molecule has 0 spiro atoms. The van der Waals surface area contributed by atoms with Crippen LogP contribution in [0.5, 0.6) is 0 Å². The largest absolute Gasteiger partial charge is 0.462 e. The molecule has 6 nitrogen and oxygen atoms in total. The lowest BCUT2D eigenvalue weighted by Gasteiger charge is -2.35. The molecule has 0 aliphatic carbocycles. The van der Waals surface area contributed by atoms with Gasteiger partial charge in [0.1, 0.15) is 11.4 Å². The van der Waals surface area contributed by atoms with Crippen LogP contribution >= 0.6 is 11.6 Å². The maximum atomic E-state index is 12.4. The zero-order valence-electron chi connectivity index (χ0n) is 14.9. The minimum Gasteiger partial charge on any atom is -0.462 e. The minimum absolute atomic E-state index is 0.164. The van der Waals surface area contributed by atoms with Gasteiger partial charge in [-0.2, -0.15) is 0 Å². The number of piperazine rings is 1. The fourth-order valence-electron chi connectivity index (χ4n) is 3.18. The topological polar surface area (TPSA) is 68.8 Å². The minimum atomic E-state index is -0.322. The molecule has 1 aromatic heterocycles. The van der Waals surface area contributed by atoms with Crippen LogP contribution in [-0.2, 0) is 4.74 Å². The van der Waals surface area contributed by atoms with Crippen molar-refractivity contribution in [2.45, 2.75) is 6.92 Å². The molecule has 0 amide bonds. The van der Waals surface area contributed by atoms with Gasteiger partial charge in [0.05, 0.1) is 13.2 Å². The highest BCUT2D eigenvalue weighted by molar-refractivity contribution is 6.30. The first-order valence-electron chi connectivity index (χ1n) is 8.86. The second-order valence-corrected chi connectivity index (χ2v) is 6.66. The van der Waals surface area contributed by atoms with Crippen molar-refractivity contribution in [3.63, 3.8) is 0 Å². The van der Waals surface area contributed by atoms with Gasteiger partial charge in [0.2, 0.25) is 0 Å². The molecule has 2 N–H and O–H groups in total. The lowest BCUT2D eigenvalue weighted by Crippen LogP contribution is -2.47. The Hall–Kier alpha value is -2.02. The van der Waals surface area contributed by atoms with Crippen LogP contribution in [0.2, 0.25) is 5.02 Å². The summed E-state index contributed by atoms with van der Waals surface area (Å²) in [4.78, 5) is 20.2. The maximum Gasteiger partial charge on any atom is 0.341 e. The van der Waals surface area contributed by atoms with E-state index in [-0.39, 0.29) is 12.6 Å². The van der Waals surface area contributed by atoms with E-state index in [0.29, 0.717) is 23.7 Å². The molecular weight excluding hydrogens is 354 g/mol. The number of nitrogens with zero attached hydrogens (tertiary/aromatic N) is 2. The molecule has 1 fully saturated rings. The number of aliphatic hydroxyl groups excluding tert-OH is 1. The van der Waals surface area contributed by atoms with Gasteiger partial charge in [0, 0.05) is 43.4 Å². The molecule has 26 heavy (non-hydrogen) atoms. The Labute approximate surface area is 158 Å². The summed E-state index contributed by atoms with van der Waals surface area (Å²) in [5.74, 6) is 0.466. The highest BCUT2D eigenvalue weighted by Crippen LogP contribution is 2.29. The van der Waals surface area contributed by atoms with Gasteiger partial charge in [-0.1, -0.05) is 23.7 Å². The zero-order valence-corrected chi connectivity index (χ0v) is 15.6. The van der Waals surface area contributed by atoms with E-state index in [1.165, 1.54) is 0 Å². The Morgan fingerprint density at radius 2 is 1.92 bits per heavy atom. The number of nitrogens with one attached hydrogen (secondary N) is 1. The third kappa shape index (κ3) is 4.20. The first-order valence-corrected chi connectivity index (χ1v) is 9.24. The Morgan fingerprint density at radius 1 is 1.23 bits per heavy atom. The van der Waals surface area contributed by atoms with Gasteiger partial charge in [0.15, 0.2) is 0 Å². The standard InChI is InChI=1S/C19H24ClN3O3/c1-2-26-19(25)16-13-17(14-3-5-15(20)6-4-14)21-18(16)23-9-7-22(8-10-23)11-12-24/h3-6,13,21,24H,2,7-12H2,1H3. The average Bonchev–Trinajstić information content (AvgIpc) is 3.09. The summed E-state index contributed by atoms with van der Waals surface area (Å²) in [6, 6.07) is 9.35. The number of benzene rings is 1. The second kappa shape index (κ2) is 8.58. The fourth-order valence-corrected chi connectivity index (χ4v) is 3.30. The third-order valence-electron chi connectivity index (χ3n) is 4.55. The van der Waals surface area contributed by atoms with E-state index in [4.69, 9.17) is 21.4 Å². The van der Waals surface area contributed by atoms with Crippen molar-refractivity contribution >= 4 is 23.4 Å². The van der Waals surface area contributed by atoms with Gasteiger partial charge in [-0.05, 0) is 30.7 Å². The first kappa shape index (κ1) is 18.8. The van der Waals surface area contributed by atoms with Crippen molar-refractivity contribution in [1.29, 1.82) is 0 Å². The number of anilines is 1. The number of β-amino-alcohol motifs (C(OH)–C–C–N with tert-alkyl or cyclic N) is 1. The molecule has 1 aliphatic heterocycles. The number of rotatable bonds is 6. The number of carbonyl (C=O) groups is 1. The Morgan fingerprint density at radius 3 is 2.54 bits per heavy atom. The molecule has 1 saturated heterocycles. The SMILES string of the molecule is CCOC(=O)c1cc(-c2ccc(Cl)cc2)[nH]c1N1CCN(CCO)CC1. The molecule has 0 saturated carbocycles. The van der Waals surface area contributed by atoms with Gasteiger partial charge in [0.25, 0.3) is 0 Å². The van der Waals surface area contributed by atoms with Gasteiger partial charge in [-0.15, -0.1) is 0 Å². The Kier molecular flexibility index (Phi) is 6.19. The Balaban J connectivity index is 1.87. The van der Waals surface area contributed by atoms with E-state index in [0.717, 1.165) is 43.3 Å². The number of hydrogen-bond acceptors (Lipinski definition) is 5. The van der Waals surface area contributed by atoms with Crippen LogP contribution in [0.15, 0.2) is 30.3 Å². The molecule has 2 heterocycles. The van der Waals surface area contributed by atoms with Crippen LogP contribution in [0.25, 0.3) is 11.3 Å². The lowest BCUT2D eigenvalue weighted by molar-refractivity contribution is 0.0527. The summed E-state index contributed by atoms with van der Waals surface area (Å²) in [5.41, 5.74) is 2.37. The zero-order chi connectivity index (χ0) is 18.5. The van der Waals surface area contributed by atoms with E-state index >= 15 is 0 Å². The summed E-state index contributed by atoms with van der Waals surface area (Å²) >= 11 is 5.97. The molecule has 0 radical (unpaired) electrons. The number of hydrogen-bond donors (Lipinski definition) is 2. The van der Waals surface area contributed by atoms with Crippen LogP contribution in [0.3, 0.4) is 0 Å². The number of H-pyrrole nitrogens is 1. The maximum absolute atomic E-state index is 12.4. The molecular formula is C19H24ClN3O3. The smallest absolute Gasteiger partial charge is 0.341 e. The third-order valence-corrected chi connectivity index (χ3v) is 4.80. The quantitative estimate of drug-likeness (QED) is 0.757. The highest BCUT2D eigenvalue weighted by Gasteiger charge is 2.25. The number of aromatic amines is 1. The second-order valence-electron chi connectivity index (χ2n) is 6.22. The van der Waals surface area contributed by atoms with E-state index in [2.05, 4.69) is 14.8 Å². The average molecular weight is 378 g/mol. The monoisotopic (exact) mass is 377 g/mol. The molecule has 7 heteroatoms. The summed E-state index contributed by atoms with van der Waals surface area (Å²) in [7, 11) is 0. The highest BCUT2D eigenvalue weighted by atomic mass is 35.5. The number of aromatic nitrogens is 1. The van der Waals surface area contributed by atoms with Gasteiger partial charge in [-0.25, -0.2) is 4.79 Å². The van der Waals surface area contributed by atoms with E-state index in [9.17, 15) is 4.79 Å².